The fourth-order valence-corrected chi connectivity index (χ4v) is 1.51. The first-order valence-corrected chi connectivity index (χ1v) is 5.79. The molecule has 0 spiro atoms. The summed E-state index contributed by atoms with van der Waals surface area (Å²) in [5, 5.41) is 2.64. The third kappa shape index (κ3) is 3.19. The van der Waals surface area contributed by atoms with Crippen molar-refractivity contribution in [3.63, 3.8) is 0 Å². The molecule has 2 aromatic rings. The van der Waals surface area contributed by atoms with Gasteiger partial charge in [-0.05, 0) is 25.1 Å². The Morgan fingerprint density at radius 2 is 2.21 bits per heavy atom. The molecule has 0 radical (unpaired) electrons. The van der Waals surface area contributed by atoms with Gasteiger partial charge in [0.05, 0.1) is 6.61 Å². The van der Waals surface area contributed by atoms with Crippen LogP contribution in [0.15, 0.2) is 41.3 Å². The van der Waals surface area contributed by atoms with Gasteiger partial charge in [0, 0.05) is 12.3 Å². The molecule has 2 rings (SSSR count). The predicted molar refractivity (Wildman–Crippen MR) is 70.4 cm³/mol. The maximum absolute atomic E-state index is 12.0. The first-order valence-electron chi connectivity index (χ1n) is 5.79. The molecule has 0 aliphatic heterocycles. The van der Waals surface area contributed by atoms with E-state index >= 15 is 0 Å². The van der Waals surface area contributed by atoms with Crippen molar-refractivity contribution in [1.82, 2.24) is 9.97 Å². The van der Waals surface area contributed by atoms with Crippen molar-refractivity contribution < 1.29 is 9.53 Å². The van der Waals surface area contributed by atoms with Crippen LogP contribution in [0, 0.1) is 0 Å². The van der Waals surface area contributed by atoms with E-state index in [0.29, 0.717) is 18.2 Å². The van der Waals surface area contributed by atoms with Gasteiger partial charge in [-0.25, -0.2) is 4.98 Å². The molecule has 0 aliphatic rings. The van der Waals surface area contributed by atoms with Gasteiger partial charge in [-0.15, -0.1) is 0 Å². The van der Waals surface area contributed by atoms with Crippen molar-refractivity contribution in [1.29, 1.82) is 0 Å². The van der Waals surface area contributed by atoms with Crippen molar-refractivity contribution in [3.05, 3.63) is 52.6 Å². The fraction of sp³-hybridized carbons (Fsp3) is 0.154. The summed E-state index contributed by atoms with van der Waals surface area (Å²) in [7, 11) is 0. The zero-order chi connectivity index (χ0) is 13.7. The smallest absolute Gasteiger partial charge is 0.272 e. The van der Waals surface area contributed by atoms with E-state index in [4.69, 9.17) is 4.74 Å². The molecular formula is C13H13N3O3. The van der Waals surface area contributed by atoms with E-state index in [1.807, 2.05) is 6.92 Å². The van der Waals surface area contributed by atoms with Crippen molar-refractivity contribution in [2.75, 3.05) is 11.9 Å². The van der Waals surface area contributed by atoms with Crippen molar-refractivity contribution in [2.24, 2.45) is 0 Å². The molecule has 0 atom stereocenters. The van der Waals surface area contributed by atoms with Crippen LogP contribution in [-0.2, 0) is 0 Å². The number of aromatic amines is 1. The van der Waals surface area contributed by atoms with E-state index in [2.05, 4.69) is 15.3 Å². The Bertz CT molecular complexity index is 637. The van der Waals surface area contributed by atoms with E-state index in [1.54, 1.807) is 18.3 Å². The molecule has 0 saturated heterocycles. The number of ether oxygens (including phenoxy) is 1. The molecule has 98 valence electrons. The fourth-order valence-electron chi connectivity index (χ4n) is 1.51. The molecule has 2 N–H and O–H groups in total. The zero-order valence-electron chi connectivity index (χ0n) is 10.3. The molecule has 2 aromatic heterocycles. The number of hydrogen-bond donors (Lipinski definition) is 2. The summed E-state index contributed by atoms with van der Waals surface area (Å²) in [4.78, 5) is 29.6. The van der Waals surface area contributed by atoms with Gasteiger partial charge in [0.1, 0.15) is 11.4 Å². The molecule has 0 saturated carbocycles. The Kier molecular flexibility index (Phi) is 3.92. The monoisotopic (exact) mass is 259 g/mol. The highest BCUT2D eigenvalue weighted by Crippen LogP contribution is 2.20. The van der Waals surface area contributed by atoms with E-state index in [1.165, 1.54) is 18.2 Å². The Balaban J connectivity index is 2.21. The maximum atomic E-state index is 12.0. The SMILES string of the molecule is CCOc1ncccc1NC(=O)c1cccc(=O)[nH]1. The summed E-state index contributed by atoms with van der Waals surface area (Å²) in [6.45, 7) is 2.27. The van der Waals surface area contributed by atoms with Crippen LogP contribution in [0.1, 0.15) is 17.4 Å². The molecule has 0 aliphatic carbocycles. The number of carbonyl (C=O) groups is 1. The molecule has 19 heavy (non-hydrogen) atoms. The summed E-state index contributed by atoms with van der Waals surface area (Å²) < 4.78 is 5.30. The maximum Gasteiger partial charge on any atom is 0.272 e. The van der Waals surface area contributed by atoms with Crippen LogP contribution in [-0.4, -0.2) is 22.5 Å². The lowest BCUT2D eigenvalue weighted by atomic mass is 10.3. The van der Waals surface area contributed by atoms with Crippen LogP contribution in [0.25, 0.3) is 0 Å². The summed E-state index contributed by atoms with van der Waals surface area (Å²) in [6.07, 6.45) is 1.57. The number of carbonyl (C=O) groups excluding carboxylic acids is 1. The number of anilines is 1. The summed E-state index contributed by atoms with van der Waals surface area (Å²) >= 11 is 0. The van der Waals surface area contributed by atoms with Gasteiger partial charge in [0.15, 0.2) is 0 Å². The number of amides is 1. The van der Waals surface area contributed by atoms with Crippen LogP contribution < -0.4 is 15.6 Å². The Morgan fingerprint density at radius 1 is 1.37 bits per heavy atom. The van der Waals surface area contributed by atoms with Gasteiger partial charge in [-0.2, -0.15) is 0 Å². The minimum atomic E-state index is -0.424. The van der Waals surface area contributed by atoms with Crippen molar-refractivity contribution in [2.45, 2.75) is 6.92 Å². The van der Waals surface area contributed by atoms with Gasteiger partial charge in [0.25, 0.3) is 5.91 Å². The third-order valence-electron chi connectivity index (χ3n) is 2.31. The largest absolute Gasteiger partial charge is 0.476 e. The van der Waals surface area contributed by atoms with Crippen LogP contribution >= 0.6 is 0 Å². The number of H-pyrrole nitrogens is 1. The lowest BCUT2D eigenvalue weighted by Gasteiger charge is -2.09. The first-order chi connectivity index (χ1) is 9.20. The Labute approximate surface area is 109 Å². The highest BCUT2D eigenvalue weighted by Gasteiger charge is 2.10. The van der Waals surface area contributed by atoms with Gasteiger partial charge < -0.3 is 15.0 Å². The molecule has 0 fully saturated rings. The predicted octanol–water partition coefficient (Wildman–Crippen LogP) is 1.42. The van der Waals surface area contributed by atoms with E-state index in [9.17, 15) is 9.59 Å². The Morgan fingerprint density at radius 3 is 2.95 bits per heavy atom. The second kappa shape index (κ2) is 5.81. The van der Waals surface area contributed by atoms with Crippen LogP contribution in [0.5, 0.6) is 5.88 Å². The first kappa shape index (κ1) is 12.8. The number of nitrogens with one attached hydrogen (secondary N) is 2. The van der Waals surface area contributed by atoms with E-state index in [-0.39, 0.29) is 11.3 Å². The third-order valence-corrected chi connectivity index (χ3v) is 2.31. The second-order valence-corrected chi connectivity index (χ2v) is 3.67. The molecule has 0 aromatic carbocycles. The Hall–Kier alpha value is -2.63. The molecule has 0 unspecified atom stereocenters. The topological polar surface area (TPSA) is 84.1 Å². The number of rotatable bonds is 4. The quantitative estimate of drug-likeness (QED) is 0.869. The van der Waals surface area contributed by atoms with E-state index < -0.39 is 5.91 Å². The minimum Gasteiger partial charge on any atom is -0.476 e. The summed E-state index contributed by atoms with van der Waals surface area (Å²) in [5.74, 6) is -0.0803. The van der Waals surface area contributed by atoms with Gasteiger partial charge in [-0.3, -0.25) is 9.59 Å². The van der Waals surface area contributed by atoms with Crippen molar-refractivity contribution >= 4 is 11.6 Å². The molecule has 6 nitrogen and oxygen atoms in total. The number of nitrogens with zero attached hydrogens (tertiary/aromatic N) is 1. The molecule has 1 amide bonds. The number of aromatic nitrogens is 2. The number of pyridine rings is 2. The van der Waals surface area contributed by atoms with Gasteiger partial charge in [-0.1, -0.05) is 6.07 Å². The van der Waals surface area contributed by atoms with Gasteiger partial charge in [0.2, 0.25) is 11.4 Å². The standard InChI is InChI=1S/C13H13N3O3/c1-2-19-13-10(6-4-8-14-13)16-12(18)9-5-3-7-11(17)15-9/h3-8H,2H2,1H3,(H,15,17)(H,16,18). The van der Waals surface area contributed by atoms with Crippen LogP contribution in [0.2, 0.25) is 0 Å². The minimum absolute atomic E-state index is 0.179. The average molecular weight is 259 g/mol. The van der Waals surface area contributed by atoms with E-state index in [0.717, 1.165) is 0 Å². The van der Waals surface area contributed by atoms with Crippen molar-refractivity contribution in [3.8, 4) is 5.88 Å². The van der Waals surface area contributed by atoms with Crippen LogP contribution in [0.4, 0.5) is 5.69 Å². The highest BCUT2D eigenvalue weighted by atomic mass is 16.5. The molecule has 2 heterocycles. The second-order valence-electron chi connectivity index (χ2n) is 3.67. The molecular weight excluding hydrogens is 246 g/mol. The lowest BCUT2D eigenvalue weighted by Crippen LogP contribution is -2.18. The zero-order valence-corrected chi connectivity index (χ0v) is 10.3. The summed E-state index contributed by atoms with van der Waals surface area (Å²) in [5.41, 5.74) is 0.307. The lowest BCUT2D eigenvalue weighted by molar-refractivity contribution is 0.102. The summed E-state index contributed by atoms with van der Waals surface area (Å²) in [6, 6.07) is 7.74. The normalized spacial score (nSPS) is 9.95. The average Bonchev–Trinajstić information content (AvgIpc) is 2.41. The highest BCUT2D eigenvalue weighted by molar-refractivity contribution is 6.03. The number of hydrogen-bond acceptors (Lipinski definition) is 4. The molecule has 0 bridgehead atoms. The van der Waals surface area contributed by atoms with Gasteiger partial charge >= 0.3 is 0 Å². The molecule has 6 heteroatoms. The van der Waals surface area contributed by atoms with Crippen LogP contribution in [0.3, 0.4) is 0 Å².